The van der Waals surface area contributed by atoms with Crippen molar-refractivity contribution in [2.24, 2.45) is 0 Å². The van der Waals surface area contributed by atoms with Crippen molar-refractivity contribution in [3.63, 3.8) is 0 Å². The molecule has 138 valence electrons. The van der Waals surface area contributed by atoms with E-state index in [2.05, 4.69) is 56.0 Å². The fourth-order valence-electron chi connectivity index (χ4n) is 2.04. The summed E-state index contributed by atoms with van der Waals surface area (Å²) < 4.78 is 0. The van der Waals surface area contributed by atoms with Crippen molar-refractivity contribution in [1.82, 2.24) is 0 Å². The van der Waals surface area contributed by atoms with E-state index in [9.17, 15) is 0 Å². The second-order valence-electron chi connectivity index (χ2n) is 6.56. The minimum atomic E-state index is -0.250. The second-order valence-corrected chi connectivity index (χ2v) is 6.56. The van der Waals surface area contributed by atoms with Gasteiger partial charge < -0.3 is 20.6 Å². The fourth-order valence-corrected chi connectivity index (χ4v) is 2.04. The van der Waals surface area contributed by atoms with Crippen molar-refractivity contribution < 1.29 is 21.7 Å². The Kier molecular flexibility index (Phi) is 15.5. The molecule has 3 rings (SSSR count). The van der Waals surface area contributed by atoms with E-state index in [1.165, 1.54) is 27.1 Å². The summed E-state index contributed by atoms with van der Waals surface area (Å²) in [5.74, 6) is 0. The van der Waals surface area contributed by atoms with Gasteiger partial charge in [-0.25, -0.2) is 0 Å². The van der Waals surface area contributed by atoms with Crippen molar-refractivity contribution in [3.8, 4) is 0 Å². The third kappa shape index (κ3) is 11.3. The summed E-state index contributed by atoms with van der Waals surface area (Å²) >= 11 is 0. The third-order valence-electron chi connectivity index (χ3n) is 2.84. The van der Waals surface area contributed by atoms with Crippen LogP contribution in [-0.4, -0.2) is 5.54 Å². The van der Waals surface area contributed by atoms with Crippen LogP contribution in [0.5, 0.6) is 0 Å². The molecule has 0 aromatic heterocycles. The van der Waals surface area contributed by atoms with Crippen LogP contribution in [0.4, 0.5) is 0 Å². The maximum atomic E-state index is 6.94. The van der Waals surface area contributed by atoms with E-state index in [1.54, 1.807) is 6.08 Å². The summed E-state index contributed by atoms with van der Waals surface area (Å²) in [7, 11) is 0. The first-order chi connectivity index (χ1) is 10.7. The largest absolute Gasteiger partial charge is 4.00 e. The molecule has 1 N–H and O–H groups in total. The Labute approximate surface area is 176 Å². The molecule has 2 aliphatic carbocycles. The van der Waals surface area contributed by atoms with E-state index >= 15 is 0 Å². The first-order valence-corrected chi connectivity index (χ1v) is 7.88. The van der Waals surface area contributed by atoms with Gasteiger partial charge in [0.25, 0.3) is 0 Å². The molecule has 1 nitrogen and oxygen atoms in total. The monoisotopic (exact) mass is 383 g/mol. The predicted octanol–water partition coefficient (Wildman–Crippen LogP) is 5.87. The molecule has 1 aromatic rings. The first kappa shape index (κ1) is 29.4. The van der Waals surface area contributed by atoms with Crippen LogP contribution < -0.4 is 10.4 Å². The molecule has 1 aromatic carbocycles. The Morgan fingerprint density at radius 2 is 1.69 bits per heavy atom. The number of hydrogen-bond acceptors (Lipinski definition) is 0. The SMILES string of the molecule is C=CC=CC.CC(C)(C)[NH-].CC1=[C-]c2cc3c(cc2=C1)C=CC=3.[CH3-].[CH3-].[Ti+4]. The molecule has 0 amide bonds. The molecule has 0 saturated carbocycles. The molecule has 0 fully saturated rings. The number of hydrogen-bond donors (Lipinski definition) is 0. The first-order valence-electron chi connectivity index (χ1n) is 7.88. The average molecular weight is 383 g/mol. The minimum absolute atomic E-state index is 0. The van der Waals surface area contributed by atoms with Gasteiger partial charge in [-0.15, -0.1) is 28.5 Å². The summed E-state index contributed by atoms with van der Waals surface area (Å²) in [6.07, 6.45) is 17.5. The fraction of sp³-hybridized carbons (Fsp3) is 0.250. The average Bonchev–Trinajstić information content (AvgIpc) is 2.99. The van der Waals surface area contributed by atoms with E-state index in [0.717, 1.165) is 0 Å². The van der Waals surface area contributed by atoms with Gasteiger partial charge in [0.15, 0.2) is 0 Å². The van der Waals surface area contributed by atoms with Crippen molar-refractivity contribution in [2.45, 2.75) is 40.2 Å². The normalized spacial score (nSPS) is 12.0. The van der Waals surface area contributed by atoms with Crippen molar-refractivity contribution in [3.05, 3.63) is 96.8 Å². The number of nitrogens with one attached hydrogen (secondary N) is 1. The van der Waals surface area contributed by atoms with Crippen molar-refractivity contribution in [1.29, 1.82) is 0 Å². The maximum absolute atomic E-state index is 6.94. The molecule has 0 bridgehead atoms. The Morgan fingerprint density at radius 3 is 2.15 bits per heavy atom. The van der Waals surface area contributed by atoms with Gasteiger partial charge in [0.05, 0.1) is 0 Å². The van der Waals surface area contributed by atoms with Crippen LogP contribution in [-0.2, 0) is 21.7 Å². The maximum Gasteiger partial charge on any atom is 4.00 e. The molecule has 0 radical (unpaired) electrons. The van der Waals surface area contributed by atoms with Gasteiger partial charge in [-0.05, 0) is 12.5 Å². The van der Waals surface area contributed by atoms with Crippen LogP contribution in [0.25, 0.3) is 24.0 Å². The van der Waals surface area contributed by atoms with Gasteiger partial charge in [-0.2, -0.15) is 11.6 Å². The van der Waals surface area contributed by atoms with E-state index < -0.39 is 0 Å². The number of fused-ring (bicyclic) bond motifs is 2. The van der Waals surface area contributed by atoms with Crippen LogP contribution >= 0.6 is 0 Å². The van der Waals surface area contributed by atoms with Gasteiger partial charge in [0.2, 0.25) is 0 Å². The summed E-state index contributed by atoms with van der Waals surface area (Å²) in [6.45, 7) is 13.1. The van der Waals surface area contributed by atoms with Crippen LogP contribution in [0.15, 0.2) is 48.6 Å². The second kappa shape index (κ2) is 13.8. The molecular formula is C24H33NTi. The quantitative estimate of drug-likeness (QED) is 0.329. The molecule has 0 heterocycles. The number of allylic oxidation sites excluding steroid dienone is 5. The Bertz CT molecular complexity index is 751. The molecular weight excluding hydrogens is 350 g/mol. The van der Waals surface area contributed by atoms with Gasteiger partial charge in [-0.3, -0.25) is 0 Å². The zero-order valence-electron chi connectivity index (χ0n) is 17.4. The van der Waals surface area contributed by atoms with Gasteiger partial charge in [-0.1, -0.05) is 82.0 Å². The predicted molar refractivity (Wildman–Crippen MR) is 117 cm³/mol. The molecule has 26 heavy (non-hydrogen) atoms. The van der Waals surface area contributed by atoms with Crippen molar-refractivity contribution >= 4 is 18.2 Å². The molecule has 0 spiro atoms. The standard InChI is InChI=1S/C13H9.C5H8.C4H10N.2CH3.Ti/c1-9-5-12-7-10-3-2-4-11(10)8-13(12)6-9;1-3-5-4-2;1-4(2,3)5;;;/h2-5,7-8H,1H3;3-5H,1H2,2H3;5H,1-3H3;2*1H3;/q-1;;3*-1;+4. The molecule has 0 aliphatic heterocycles. The summed E-state index contributed by atoms with van der Waals surface area (Å²) in [5.41, 5.74) is 10.5. The van der Waals surface area contributed by atoms with Gasteiger partial charge >= 0.3 is 21.7 Å². The Morgan fingerprint density at radius 1 is 1.12 bits per heavy atom. The van der Waals surface area contributed by atoms with Crippen LogP contribution in [0.2, 0.25) is 0 Å². The molecule has 0 atom stereocenters. The molecule has 0 unspecified atom stereocenters. The van der Waals surface area contributed by atoms with E-state index in [0.29, 0.717) is 0 Å². The minimum Gasteiger partial charge on any atom is -0.673 e. The van der Waals surface area contributed by atoms with E-state index in [1.807, 2.05) is 39.8 Å². The van der Waals surface area contributed by atoms with Gasteiger partial charge in [0, 0.05) is 0 Å². The van der Waals surface area contributed by atoms with Crippen molar-refractivity contribution in [2.75, 3.05) is 0 Å². The summed E-state index contributed by atoms with van der Waals surface area (Å²) in [6, 6.07) is 4.44. The number of benzene rings is 1. The molecule has 0 saturated heterocycles. The van der Waals surface area contributed by atoms with E-state index in [-0.39, 0.29) is 42.1 Å². The third-order valence-corrected chi connectivity index (χ3v) is 2.84. The molecule has 2 aliphatic rings. The zero-order chi connectivity index (χ0) is 17.5. The summed E-state index contributed by atoms with van der Waals surface area (Å²) in [5, 5.41) is 2.62. The molecule has 2 heteroatoms. The smallest absolute Gasteiger partial charge is 0.673 e. The number of rotatable bonds is 1. The van der Waals surface area contributed by atoms with Gasteiger partial charge in [0.1, 0.15) is 0 Å². The Hall–Kier alpha value is -1.41. The summed E-state index contributed by atoms with van der Waals surface area (Å²) in [4.78, 5) is 0. The zero-order valence-corrected chi connectivity index (χ0v) is 19.0. The van der Waals surface area contributed by atoms with E-state index in [4.69, 9.17) is 5.73 Å². The van der Waals surface area contributed by atoms with Crippen LogP contribution in [0.1, 0.15) is 45.7 Å². The van der Waals surface area contributed by atoms with Crippen LogP contribution in [0, 0.1) is 20.9 Å². The van der Waals surface area contributed by atoms with Crippen LogP contribution in [0.3, 0.4) is 0 Å². The topological polar surface area (TPSA) is 23.8 Å². The Balaban J connectivity index is -0.000000353.